The molecule has 4 nitrogen and oxygen atoms in total. The highest BCUT2D eigenvalue weighted by molar-refractivity contribution is 5.93. The highest BCUT2D eigenvalue weighted by Crippen LogP contribution is 2.17. The van der Waals surface area contributed by atoms with E-state index in [-0.39, 0.29) is 18.6 Å². The van der Waals surface area contributed by atoms with E-state index in [1.165, 1.54) is 0 Å². The van der Waals surface area contributed by atoms with Crippen LogP contribution in [0.4, 0.5) is 4.39 Å². The molecule has 1 aliphatic heterocycles. The summed E-state index contributed by atoms with van der Waals surface area (Å²) < 4.78 is 12.4. The van der Waals surface area contributed by atoms with Crippen LogP contribution in [-0.2, 0) is 4.79 Å². The summed E-state index contributed by atoms with van der Waals surface area (Å²) in [5, 5.41) is 2.89. The topological polar surface area (TPSA) is 35.6 Å². The van der Waals surface area contributed by atoms with E-state index in [0.717, 1.165) is 19.4 Å². The Morgan fingerprint density at radius 3 is 2.89 bits per heavy atom. The Labute approximate surface area is 114 Å². The molecule has 1 N–H and O–H groups in total. The van der Waals surface area contributed by atoms with E-state index in [1.54, 1.807) is 24.2 Å². The molecule has 108 valence electrons. The number of alkyl halides is 1. The Hall–Kier alpha value is -1.36. The van der Waals surface area contributed by atoms with E-state index in [4.69, 9.17) is 0 Å². The molecule has 19 heavy (non-hydrogen) atoms. The smallest absolute Gasteiger partial charge is 0.273 e. The number of halogens is 1. The fraction of sp³-hybridized carbons (Fsp3) is 0.643. The van der Waals surface area contributed by atoms with Crippen molar-refractivity contribution in [2.24, 2.45) is 0 Å². The van der Waals surface area contributed by atoms with Gasteiger partial charge in [-0.05, 0) is 26.3 Å². The first-order valence-corrected chi connectivity index (χ1v) is 6.75. The third kappa shape index (κ3) is 4.06. The number of hydrogen-bond donors (Lipinski definition) is 1. The van der Waals surface area contributed by atoms with Gasteiger partial charge in [0, 0.05) is 32.4 Å². The fourth-order valence-corrected chi connectivity index (χ4v) is 2.49. The lowest BCUT2D eigenvalue weighted by atomic mass is 10.0. The number of likely N-dealkylation sites (N-methyl/N-ethyl adjacent to an activating group) is 1. The molecule has 1 aliphatic rings. The Morgan fingerprint density at radius 2 is 2.37 bits per heavy atom. The number of amides is 1. The van der Waals surface area contributed by atoms with Gasteiger partial charge >= 0.3 is 0 Å². The summed E-state index contributed by atoms with van der Waals surface area (Å²) in [6.45, 7) is 7.27. The van der Waals surface area contributed by atoms with Crippen molar-refractivity contribution in [1.29, 1.82) is 0 Å². The molecule has 0 aromatic carbocycles. The van der Waals surface area contributed by atoms with Gasteiger partial charge in [-0.15, -0.1) is 0 Å². The third-order valence-corrected chi connectivity index (χ3v) is 3.49. The molecular weight excluding hydrogens is 245 g/mol. The molecule has 0 aromatic heterocycles. The Kier molecular flexibility index (Phi) is 6.56. The van der Waals surface area contributed by atoms with Gasteiger partial charge < -0.3 is 10.2 Å². The first-order chi connectivity index (χ1) is 9.17. The van der Waals surface area contributed by atoms with E-state index in [2.05, 4.69) is 16.8 Å². The molecule has 5 heteroatoms. The quantitative estimate of drug-likeness (QED) is 0.743. The van der Waals surface area contributed by atoms with Crippen LogP contribution in [-0.4, -0.2) is 55.1 Å². The van der Waals surface area contributed by atoms with Gasteiger partial charge in [-0.25, -0.2) is 4.39 Å². The zero-order valence-corrected chi connectivity index (χ0v) is 11.9. The summed E-state index contributed by atoms with van der Waals surface area (Å²) >= 11 is 0. The largest absolute Gasteiger partial charge is 0.384 e. The monoisotopic (exact) mass is 269 g/mol. The fourth-order valence-electron chi connectivity index (χ4n) is 2.49. The SMILES string of the molecule is C=CN(C(=O)/C(=C\C)NC)C1CCCN(CCF)C1. The molecule has 1 rings (SSSR count). The second kappa shape index (κ2) is 7.94. The number of nitrogens with zero attached hydrogens (tertiary/aromatic N) is 2. The lowest BCUT2D eigenvalue weighted by Gasteiger charge is -2.37. The van der Waals surface area contributed by atoms with Crippen LogP contribution in [0.2, 0.25) is 0 Å². The van der Waals surface area contributed by atoms with Gasteiger partial charge in [0.25, 0.3) is 5.91 Å². The summed E-state index contributed by atoms with van der Waals surface area (Å²) in [4.78, 5) is 16.1. The van der Waals surface area contributed by atoms with Gasteiger partial charge in [-0.2, -0.15) is 0 Å². The first-order valence-electron chi connectivity index (χ1n) is 6.75. The Morgan fingerprint density at radius 1 is 1.63 bits per heavy atom. The number of allylic oxidation sites excluding steroid dienone is 1. The number of piperidine rings is 1. The van der Waals surface area contributed by atoms with Crippen molar-refractivity contribution >= 4 is 5.91 Å². The van der Waals surface area contributed by atoms with Crippen molar-refractivity contribution in [3.63, 3.8) is 0 Å². The van der Waals surface area contributed by atoms with Crippen LogP contribution in [0.1, 0.15) is 19.8 Å². The average molecular weight is 269 g/mol. The maximum absolute atomic E-state index is 12.4. The third-order valence-electron chi connectivity index (χ3n) is 3.49. The summed E-state index contributed by atoms with van der Waals surface area (Å²) in [6.07, 6.45) is 5.24. The summed E-state index contributed by atoms with van der Waals surface area (Å²) in [7, 11) is 1.73. The molecule has 1 atom stereocenters. The average Bonchev–Trinajstić information content (AvgIpc) is 2.42. The van der Waals surface area contributed by atoms with Gasteiger partial charge in [-0.1, -0.05) is 12.7 Å². The zero-order chi connectivity index (χ0) is 14.3. The molecule has 1 fully saturated rings. The molecule has 1 unspecified atom stereocenters. The predicted molar refractivity (Wildman–Crippen MR) is 75.3 cm³/mol. The van der Waals surface area contributed by atoms with E-state index in [9.17, 15) is 9.18 Å². The predicted octanol–water partition coefficient (Wildman–Crippen LogP) is 1.52. The molecule has 1 amide bonds. The van der Waals surface area contributed by atoms with Crippen LogP contribution in [0, 0.1) is 0 Å². The van der Waals surface area contributed by atoms with Crippen LogP contribution in [0.3, 0.4) is 0 Å². The molecule has 1 heterocycles. The van der Waals surface area contributed by atoms with Gasteiger partial charge in [0.05, 0.1) is 5.70 Å². The number of carbonyl (C=O) groups excluding carboxylic acids is 1. The van der Waals surface area contributed by atoms with Gasteiger partial charge in [0.1, 0.15) is 6.67 Å². The molecule has 0 radical (unpaired) electrons. The summed E-state index contributed by atoms with van der Waals surface area (Å²) in [5.74, 6) is -0.0768. The summed E-state index contributed by atoms with van der Waals surface area (Å²) in [6, 6.07) is 0.0774. The summed E-state index contributed by atoms with van der Waals surface area (Å²) in [5.41, 5.74) is 0.558. The van der Waals surface area contributed by atoms with Crippen LogP contribution in [0.15, 0.2) is 24.6 Å². The van der Waals surface area contributed by atoms with E-state index in [0.29, 0.717) is 18.8 Å². The van der Waals surface area contributed by atoms with Crippen molar-refractivity contribution in [3.05, 3.63) is 24.6 Å². The van der Waals surface area contributed by atoms with Crippen molar-refractivity contribution in [1.82, 2.24) is 15.1 Å². The minimum atomic E-state index is -0.342. The van der Waals surface area contributed by atoms with Crippen molar-refractivity contribution < 1.29 is 9.18 Å². The first kappa shape index (κ1) is 15.7. The van der Waals surface area contributed by atoms with Gasteiger partial charge in [0.2, 0.25) is 0 Å². The van der Waals surface area contributed by atoms with Gasteiger partial charge in [-0.3, -0.25) is 9.69 Å². The normalized spacial score (nSPS) is 21.0. The van der Waals surface area contributed by atoms with Crippen molar-refractivity contribution in [2.45, 2.75) is 25.8 Å². The van der Waals surface area contributed by atoms with Crippen molar-refractivity contribution in [3.8, 4) is 0 Å². The van der Waals surface area contributed by atoms with Crippen LogP contribution in [0.25, 0.3) is 0 Å². The number of nitrogens with one attached hydrogen (secondary N) is 1. The maximum atomic E-state index is 12.4. The van der Waals surface area contributed by atoms with E-state index in [1.807, 2.05) is 6.92 Å². The minimum Gasteiger partial charge on any atom is -0.384 e. The van der Waals surface area contributed by atoms with Crippen LogP contribution < -0.4 is 5.32 Å². The maximum Gasteiger partial charge on any atom is 0.273 e. The Balaban J connectivity index is 2.73. The highest BCUT2D eigenvalue weighted by atomic mass is 19.1. The van der Waals surface area contributed by atoms with Crippen LogP contribution in [0.5, 0.6) is 0 Å². The molecule has 0 aliphatic carbocycles. The number of carbonyl (C=O) groups is 1. The van der Waals surface area contributed by atoms with E-state index < -0.39 is 0 Å². The molecule has 0 aromatic rings. The minimum absolute atomic E-state index is 0.0768. The molecule has 0 bridgehead atoms. The zero-order valence-electron chi connectivity index (χ0n) is 11.9. The highest BCUT2D eigenvalue weighted by Gasteiger charge is 2.28. The van der Waals surface area contributed by atoms with Gasteiger partial charge in [0.15, 0.2) is 0 Å². The second-order valence-electron chi connectivity index (χ2n) is 4.63. The molecule has 1 saturated heterocycles. The number of likely N-dealkylation sites (tertiary alicyclic amines) is 1. The molecular formula is C14H24FN3O. The standard InChI is InChI=1S/C14H24FN3O/c1-4-13(16-3)14(19)18(5-2)12-7-6-9-17(11-12)10-8-15/h4-5,12,16H,2,6-11H2,1,3H3/b13-4+. The second-order valence-corrected chi connectivity index (χ2v) is 4.63. The lowest BCUT2D eigenvalue weighted by Crippen LogP contribution is -2.49. The molecule has 0 saturated carbocycles. The Bertz CT molecular complexity index is 342. The van der Waals surface area contributed by atoms with E-state index >= 15 is 0 Å². The van der Waals surface area contributed by atoms with Crippen molar-refractivity contribution in [2.75, 3.05) is 33.4 Å². The molecule has 0 spiro atoms. The number of rotatable bonds is 6. The number of hydrogen-bond acceptors (Lipinski definition) is 3. The van der Waals surface area contributed by atoms with Crippen LogP contribution >= 0.6 is 0 Å². The lowest BCUT2D eigenvalue weighted by molar-refractivity contribution is -0.127.